The van der Waals surface area contributed by atoms with Crippen LogP contribution in [0, 0.1) is 0 Å². The zero-order valence-corrected chi connectivity index (χ0v) is 11.4. The van der Waals surface area contributed by atoms with Gasteiger partial charge >= 0.3 is 0 Å². The fourth-order valence-corrected chi connectivity index (χ4v) is 1.56. The zero-order chi connectivity index (χ0) is 12.9. The minimum atomic E-state index is -0.0965. The number of unbranched alkanes of at least 4 members (excludes halogenated alkanes) is 7. The van der Waals surface area contributed by atoms with Gasteiger partial charge in [0.25, 0.3) is 0 Å². The van der Waals surface area contributed by atoms with E-state index in [-0.39, 0.29) is 5.91 Å². The molecule has 98 valence electrons. The van der Waals surface area contributed by atoms with E-state index in [2.05, 4.69) is 18.8 Å². The summed E-state index contributed by atoms with van der Waals surface area (Å²) in [6.07, 6.45) is 14.1. The van der Waals surface area contributed by atoms with Crippen molar-refractivity contribution in [3.63, 3.8) is 0 Å². The highest BCUT2D eigenvalue weighted by atomic mass is 16.1. The second-order valence-electron chi connectivity index (χ2n) is 4.57. The van der Waals surface area contributed by atoms with Crippen molar-refractivity contribution in [2.24, 2.45) is 0 Å². The first-order valence-corrected chi connectivity index (χ1v) is 6.80. The van der Waals surface area contributed by atoms with Gasteiger partial charge in [0.2, 0.25) is 5.91 Å². The van der Waals surface area contributed by atoms with E-state index in [4.69, 9.17) is 0 Å². The summed E-state index contributed by atoms with van der Waals surface area (Å²) in [6.45, 7) is 7.52. The third kappa shape index (κ3) is 11.2. The Hall–Kier alpha value is -1.05. The average molecular weight is 237 g/mol. The van der Waals surface area contributed by atoms with Gasteiger partial charge in [-0.3, -0.25) is 4.79 Å². The molecule has 17 heavy (non-hydrogen) atoms. The van der Waals surface area contributed by atoms with Gasteiger partial charge in [-0.15, -0.1) is 0 Å². The van der Waals surface area contributed by atoms with E-state index >= 15 is 0 Å². The summed E-state index contributed by atoms with van der Waals surface area (Å²) < 4.78 is 0. The second kappa shape index (κ2) is 11.4. The molecule has 0 rings (SSSR count). The van der Waals surface area contributed by atoms with E-state index in [0.29, 0.717) is 5.57 Å². The van der Waals surface area contributed by atoms with E-state index in [0.717, 1.165) is 6.42 Å². The standard InChI is InChI=1S/C15H27NO/c1-4-5-6-7-8-9-10-11-12-13-16-15(17)14(2)3/h12-13H,2,4-11H2,1,3H3,(H,16,17). The maximum absolute atomic E-state index is 11.1. The fourth-order valence-electron chi connectivity index (χ4n) is 1.56. The average Bonchev–Trinajstić information content (AvgIpc) is 2.31. The maximum Gasteiger partial charge on any atom is 0.250 e. The Balaban J connectivity index is 3.25. The molecule has 0 heterocycles. The maximum atomic E-state index is 11.1. The lowest BCUT2D eigenvalue weighted by Crippen LogP contribution is -2.16. The SMILES string of the molecule is C=C(C)C(=O)NC=CCCCCCCCCC. The van der Waals surface area contributed by atoms with Crippen LogP contribution in [-0.4, -0.2) is 5.91 Å². The van der Waals surface area contributed by atoms with Gasteiger partial charge in [-0.1, -0.05) is 58.1 Å². The van der Waals surface area contributed by atoms with Crippen LogP contribution in [0.15, 0.2) is 24.4 Å². The molecule has 0 aliphatic carbocycles. The van der Waals surface area contributed by atoms with Gasteiger partial charge in [-0.25, -0.2) is 0 Å². The highest BCUT2D eigenvalue weighted by molar-refractivity contribution is 5.92. The fraction of sp³-hybridized carbons (Fsp3) is 0.667. The molecule has 2 heteroatoms. The first kappa shape index (κ1) is 16.0. The third-order valence-electron chi connectivity index (χ3n) is 2.69. The number of nitrogens with one attached hydrogen (secondary N) is 1. The van der Waals surface area contributed by atoms with Crippen molar-refractivity contribution in [2.45, 2.75) is 65.2 Å². The van der Waals surface area contributed by atoms with Gasteiger partial charge < -0.3 is 5.32 Å². The topological polar surface area (TPSA) is 29.1 Å². The molecule has 0 spiro atoms. The Kier molecular flexibility index (Phi) is 10.7. The summed E-state index contributed by atoms with van der Waals surface area (Å²) in [4.78, 5) is 11.1. The Morgan fingerprint density at radius 3 is 2.29 bits per heavy atom. The number of carbonyl (C=O) groups is 1. The lowest BCUT2D eigenvalue weighted by atomic mass is 10.1. The smallest absolute Gasteiger partial charge is 0.250 e. The summed E-state index contributed by atoms with van der Waals surface area (Å²) in [5.74, 6) is -0.0965. The predicted octanol–water partition coefficient (Wildman–Crippen LogP) is 4.33. The Labute approximate surface area is 106 Å². The van der Waals surface area contributed by atoms with Crippen LogP contribution in [0.3, 0.4) is 0 Å². The molecule has 0 aromatic rings. The highest BCUT2D eigenvalue weighted by Gasteiger charge is 1.95. The lowest BCUT2D eigenvalue weighted by molar-refractivity contribution is -0.116. The number of hydrogen-bond acceptors (Lipinski definition) is 1. The number of carbonyl (C=O) groups excluding carboxylic acids is 1. The first-order chi connectivity index (χ1) is 8.18. The first-order valence-electron chi connectivity index (χ1n) is 6.80. The van der Waals surface area contributed by atoms with Crippen molar-refractivity contribution < 1.29 is 4.79 Å². The Morgan fingerprint density at radius 2 is 1.71 bits per heavy atom. The zero-order valence-electron chi connectivity index (χ0n) is 11.4. The van der Waals surface area contributed by atoms with Gasteiger partial charge in [0.15, 0.2) is 0 Å². The molecule has 0 aliphatic heterocycles. The van der Waals surface area contributed by atoms with Crippen molar-refractivity contribution in [3.05, 3.63) is 24.4 Å². The van der Waals surface area contributed by atoms with Gasteiger partial charge in [-0.05, 0) is 19.8 Å². The number of hydrogen-bond donors (Lipinski definition) is 1. The second-order valence-corrected chi connectivity index (χ2v) is 4.57. The summed E-state index contributed by atoms with van der Waals surface area (Å²) in [7, 11) is 0. The molecule has 0 saturated carbocycles. The molecule has 0 radical (unpaired) electrons. The molecule has 0 unspecified atom stereocenters. The van der Waals surface area contributed by atoms with E-state index in [1.54, 1.807) is 13.1 Å². The van der Waals surface area contributed by atoms with Crippen molar-refractivity contribution in [1.29, 1.82) is 0 Å². The summed E-state index contributed by atoms with van der Waals surface area (Å²) in [5, 5.41) is 2.68. The van der Waals surface area contributed by atoms with Crippen molar-refractivity contribution in [3.8, 4) is 0 Å². The minimum Gasteiger partial charge on any atom is -0.329 e. The number of amides is 1. The lowest BCUT2D eigenvalue weighted by Gasteiger charge is -1.99. The van der Waals surface area contributed by atoms with Crippen LogP contribution in [0.2, 0.25) is 0 Å². The van der Waals surface area contributed by atoms with Gasteiger partial charge in [0, 0.05) is 11.8 Å². The molecule has 1 amide bonds. The Morgan fingerprint density at radius 1 is 1.12 bits per heavy atom. The molecule has 2 nitrogen and oxygen atoms in total. The van der Waals surface area contributed by atoms with Crippen molar-refractivity contribution in [2.75, 3.05) is 0 Å². The molecule has 0 aromatic carbocycles. The summed E-state index contributed by atoms with van der Waals surface area (Å²) in [6, 6.07) is 0. The van der Waals surface area contributed by atoms with Crippen molar-refractivity contribution >= 4 is 5.91 Å². The molecule has 0 bridgehead atoms. The van der Waals surface area contributed by atoms with E-state index < -0.39 is 0 Å². The molecular formula is C15H27NO. The molecule has 1 N–H and O–H groups in total. The minimum absolute atomic E-state index is 0.0965. The quantitative estimate of drug-likeness (QED) is 0.444. The highest BCUT2D eigenvalue weighted by Crippen LogP contribution is 2.08. The molecular weight excluding hydrogens is 210 g/mol. The van der Waals surface area contributed by atoms with E-state index in [1.807, 2.05) is 6.08 Å². The molecule has 0 saturated heterocycles. The molecule has 0 aliphatic rings. The van der Waals surface area contributed by atoms with Crippen LogP contribution in [-0.2, 0) is 4.79 Å². The molecule has 0 atom stereocenters. The van der Waals surface area contributed by atoms with E-state index in [1.165, 1.54) is 44.9 Å². The molecule has 0 fully saturated rings. The van der Waals surface area contributed by atoms with Crippen LogP contribution < -0.4 is 5.32 Å². The van der Waals surface area contributed by atoms with Crippen LogP contribution in [0.25, 0.3) is 0 Å². The van der Waals surface area contributed by atoms with Crippen molar-refractivity contribution in [1.82, 2.24) is 5.32 Å². The van der Waals surface area contributed by atoms with Gasteiger partial charge in [0.05, 0.1) is 0 Å². The monoisotopic (exact) mass is 237 g/mol. The number of allylic oxidation sites excluding steroid dienone is 1. The molecule has 0 aromatic heterocycles. The summed E-state index contributed by atoms with van der Waals surface area (Å²) in [5.41, 5.74) is 0.547. The number of rotatable bonds is 10. The van der Waals surface area contributed by atoms with Gasteiger partial charge in [0.1, 0.15) is 0 Å². The predicted molar refractivity (Wildman–Crippen MR) is 74.7 cm³/mol. The largest absolute Gasteiger partial charge is 0.329 e. The summed E-state index contributed by atoms with van der Waals surface area (Å²) >= 11 is 0. The van der Waals surface area contributed by atoms with Crippen LogP contribution in [0.1, 0.15) is 65.2 Å². The Bertz CT molecular complexity index is 243. The normalized spacial score (nSPS) is 10.7. The van der Waals surface area contributed by atoms with Crippen LogP contribution in [0.4, 0.5) is 0 Å². The van der Waals surface area contributed by atoms with Gasteiger partial charge in [-0.2, -0.15) is 0 Å². The van der Waals surface area contributed by atoms with E-state index in [9.17, 15) is 4.79 Å². The van der Waals surface area contributed by atoms with Crippen LogP contribution >= 0.6 is 0 Å². The third-order valence-corrected chi connectivity index (χ3v) is 2.69. The van der Waals surface area contributed by atoms with Crippen LogP contribution in [0.5, 0.6) is 0 Å².